The molecule has 0 fully saturated rings. The molecule has 9 heteroatoms. The molecule has 1 amide bonds. The summed E-state index contributed by atoms with van der Waals surface area (Å²) < 4.78 is 10.3. The summed E-state index contributed by atoms with van der Waals surface area (Å²) >= 11 is 0. The van der Waals surface area contributed by atoms with E-state index >= 15 is 0 Å². The fraction of sp³-hybridized carbons (Fsp3) is 0.158. The Morgan fingerprint density at radius 3 is 2.29 bits per heavy atom. The number of azo groups is 1. The van der Waals surface area contributed by atoms with Crippen molar-refractivity contribution in [3.05, 3.63) is 59.5 Å². The predicted molar refractivity (Wildman–Crippen MR) is 101 cm³/mol. The molecule has 0 unspecified atom stereocenters. The van der Waals surface area contributed by atoms with Gasteiger partial charge in [-0.1, -0.05) is 12.1 Å². The molecule has 0 saturated heterocycles. The molecule has 9 nitrogen and oxygen atoms in total. The maximum Gasteiger partial charge on any atom is 0.335 e. The second kappa shape index (κ2) is 9.17. The van der Waals surface area contributed by atoms with Crippen molar-refractivity contribution in [2.75, 3.05) is 19.5 Å². The fourth-order valence-electron chi connectivity index (χ4n) is 2.21. The van der Waals surface area contributed by atoms with E-state index in [1.54, 1.807) is 24.3 Å². The molecule has 0 aliphatic rings. The summed E-state index contributed by atoms with van der Waals surface area (Å²) in [7, 11) is 2.81. The van der Waals surface area contributed by atoms with E-state index in [1.807, 2.05) is 0 Å². The number of para-hydroxylation sites is 2. The van der Waals surface area contributed by atoms with Gasteiger partial charge in [-0.2, -0.15) is 0 Å². The number of hydrogen-bond acceptors (Lipinski definition) is 7. The van der Waals surface area contributed by atoms with Gasteiger partial charge in [0.1, 0.15) is 22.9 Å². The smallest absolute Gasteiger partial charge is 0.335 e. The maximum absolute atomic E-state index is 12.5. The number of allylic oxidation sites excluding steroid dienone is 1. The van der Waals surface area contributed by atoms with Crippen molar-refractivity contribution in [3.8, 4) is 11.5 Å². The third-order valence-electron chi connectivity index (χ3n) is 3.60. The van der Waals surface area contributed by atoms with E-state index < -0.39 is 11.9 Å². The first kappa shape index (κ1) is 20.4. The molecular weight excluding hydrogens is 366 g/mol. The molecule has 28 heavy (non-hydrogen) atoms. The van der Waals surface area contributed by atoms with Crippen LogP contribution in [0.15, 0.2) is 64.1 Å². The van der Waals surface area contributed by atoms with Crippen LogP contribution >= 0.6 is 0 Å². The lowest BCUT2D eigenvalue weighted by Crippen LogP contribution is -2.15. The normalized spacial score (nSPS) is 11.7. The summed E-state index contributed by atoms with van der Waals surface area (Å²) in [6, 6.07) is 10.7. The lowest BCUT2D eigenvalue weighted by molar-refractivity contribution is -0.113. The Kier molecular flexibility index (Phi) is 6.69. The van der Waals surface area contributed by atoms with Gasteiger partial charge in [0.15, 0.2) is 5.70 Å². The van der Waals surface area contributed by atoms with E-state index in [1.165, 1.54) is 39.3 Å². The summed E-state index contributed by atoms with van der Waals surface area (Å²) in [6.07, 6.45) is 0. The van der Waals surface area contributed by atoms with Gasteiger partial charge in [-0.15, -0.1) is 10.2 Å². The minimum absolute atomic E-state index is 0.0128. The number of nitrogens with zero attached hydrogens (tertiary/aromatic N) is 2. The topological polar surface area (TPSA) is 130 Å². The van der Waals surface area contributed by atoms with Crippen LogP contribution in [0.25, 0.3) is 0 Å². The van der Waals surface area contributed by atoms with Crippen LogP contribution in [0, 0.1) is 0 Å². The number of hydrogen-bond donors (Lipinski definition) is 3. The number of aromatic carboxylic acids is 1. The number of rotatable bonds is 7. The maximum atomic E-state index is 12.5. The van der Waals surface area contributed by atoms with Gasteiger partial charge < -0.3 is 25.0 Å². The number of ether oxygens (including phenoxy) is 2. The van der Waals surface area contributed by atoms with E-state index in [4.69, 9.17) is 14.6 Å². The molecule has 3 N–H and O–H groups in total. The van der Waals surface area contributed by atoms with Gasteiger partial charge in [0.25, 0.3) is 5.91 Å². The summed E-state index contributed by atoms with van der Waals surface area (Å²) in [6.45, 7) is 1.29. The largest absolute Gasteiger partial charge is 0.510 e. The standard InChI is InChI=1S/C19H19N3O6/c1-11(23)17(18(24)20-13-6-4-5-7-15(13)27-2)22-21-14-9-8-12(19(25)26)10-16(14)28-3/h4-10,23H,1-3H3,(H,20,24)(H,25,26). The number of methoxy groups -OCH3 is 2. The summed E-state index contributed by atoms with van der Waals surface area (Å²) in [5, 5.41) is 29.2. The average molecular weight is 385 g/mol. The number of benzene rings is 2. The highest BCUT2D eigenvalue weighted by atomic mass is 16.5. The first-order valence-electron chi connectivity index (χ1n) is 8.04. The number of nitrogens with one attached hydrogen (secondary N) is 1. The lowest BCUT2D eigenvalue weighted by Gasteiger charge is -2.10. The second-order valence-corrected chi connectivity index (χ2v) is 5.48. The molecule has 0 aromatic heterocycles. The van der Waals surface area contributed by atoms with Gasteiger partial charge in [-0.3, -0.25) is 4.79 Å². The van der Waals surface area contributed by atoms with Crippen LogP contribution in [0.4, 0.5) is 11.4 Å². The predicted octanol–water partition coefficient (Wildman–Crippen LogP) is 3.91. The number of carboxylic acids is 1. The SMILES string of the molecule is COc1cc(C(=O)O)ccc1N=NC(C(=O)Nc1ccccc1OC)=C(C)O. The zero-order valence-electron chi connectivity index (χ0n) is 15.5. The molecular formula is C19H19N3O6. The molecule has 0 saturated carbocycles. The van der Waals surface area contributed by atoms with Crippen molar-refractivity contribution in [1.82, 2.24) is 0 Å². The Morgan fingerprint density at radius 2 is 1.68 bits per heavy atom. The van der Waals surface area contributed by atoms with Crippen LogP contribution in [-0.4, -0.2) is 36.3 Å². The third-order valence-corrected chi connectivity index (χ3v) is 3.60. The van der Waals surface area contributed by atoms with Gasteiger partial charge in [-0.05, 0) is 37.3 Å². The number of aliphatic hydroxyl groups is 1. The average Bonchev–Trinajstić information content (AvgIpc) is 2.68. The molecule has 2 rings (SSSR count). The molecule has 0 aliphatic carbocycles. The monoisotopic (exact) mass is 385 g/mol. The van der Waals surface area contributed by atoms with Crippen molar-refractivity contribution < 1.29 is 29.3 Å². The summed E-state index contributed by atoms with van der Waals surface area (Å²) in [4.78, 5) is 23.5. The molecule has 0 aliphatic heterocycles. The van der Waals surface area contributed by atoms with Gasteiger partial charge >= 0.3 is 5.97 Å². The van der Waals surface area contributed by atoms with Gasteiger partial charge in [0.05, 0.1) is 25.5 Å². The van der Waals surface area contributed by atoms with Crippen LogP contribution in [0.1, 0.15) is 17.3 Å². The fourth-order valence-corrected chi connectivity index (χ4v) is 2.21. The van der Waals surface area contributed by atoms with Crippen LogP contribution < -0.4 is 14.8 Å². The number of aliphatic hydroxyl groups excluding tert-OH is 1. The quantitative estimate of drug-likeness (QED) is 0.376. The van der Waals surface area contributed by atoms with Crippen LogP contribution in [0.2, 0.25) is 0 Å². The zero-order valence-corrected chi connectivity index (χ0v) is 15.5. The Labute approximate surface area is 160 Å². The third kappa shape index (κ3) is 4.85. The van der Waals surface area contributed by atoms with Crippen LogP contribution in [0.3, 0.4) is 0 Å². The Hall–Kier alpha value is -3.88. The van der Waals surface area contributed by atoms with Gasteiger partial charge in [-0.25, -0.2) is 4.79 Å². The Balaban J connectivity index is 2.29. The molecule has 0 radical (unpaired) electrons. The highest BCUT2D eigenvalue weighted by molar-refractivity contribution is 6.04. The zero-order chi connectivity index (χ0) is 20.7. The number of carboxylic acid groups (broad SMARTS) is 1. The van der Waals surface area contributed by atoms with Crippen molar-refractivity contribution in [2.45, 2.75) is 6.92 Å². The number of carbonyl (C=O) groups excluding carboxylic acids is 1. The molecule has 146 valence electrons. The van der Waals surface area contributed by atoms with E-state index in [-0.39, 0.29) is 28.5 Å². The number of carbonyl (C=O) groups is 2. The first-order valence-corrected chi connectivity index (χ1v) is 8.04. The van der Waals surface area contributed by atoms with E-state index in [0.717, 1.165) is 0 Å². The van der Waals surface area contributed by atoms with E-state index in [0.29, 0.717) is 11.4 Å². The van der Waals surface area contributed by atoms with Gasteiger partial charge in [0, 0.05) is 0 Å². The molecule has 0 heterocycles. The molecule has 2 aromatic rings. The van der Waals surface area contributed by atoms with E-state index in [9.17, 15) is 14.7 Å². The summed E-state index contributed by atoms with van der Waals surface area (Å²) in [5.74, 6) is -1.58. The highest BCUT2D eigenvalue weighted by Crippen LogP contribution is 2.30. The minimum atomic E-state index is -1.12. The summed E-state index contributed by atoms with van der Waals surface area (Å²) in [5.41, 5.74) is 0.276. The molecule has 0 atom stereocenters. The van der Waals surface area contributed by atoms with Crippen molar-refractivity contribution in [3.63, 3.8) is 0 Å². The minimum Gasteiger partial charge on any atom is -0.510 e. The Bertz CT molecular complexity index is 948. The van der Waals surface area contributed by atoms with Crippen molar-refractivity contribution >= 4 is 23.3 Å². The van der Waals surface area contributed by atoms with Crippen LogP contribution in [-0.2, 0) is 4.79 Å². The highest BCUT2D eigenvalue weighted by Gasteiger charge is 2.16. The number of anilines is 1. The lowest BCUT2D eigenvalue weighted by atomic mass is 10.2. The molecule has 0 spiro atoms. The van der Waals surface area contributed by atoms with Crippen molar-refractivity contribution in [1.29, 1.82) is 0 Å². The second-order valence-electron chi connectivity index (χ2n) is 5.48. The number of amides is 1. The van der Waals surface area contributed by atoms with Gasteiger partial charge in [0.2, 0.25) is 0 Å². The molecule has 0 bridgehead atoms. The van der Waals surface area contributed by atoms with Crippen LogP contribution in [0.5, 0.6) is 11.5 Å². The first-order chi connectivity index (χ1) is 13.4. The molecule has 2 aromatic carbocycles. The Morgan fingerprint density at radius 1 is 1.00 bits per heavy atom. The van der Waals surface area contributed by atoms with Crippen molar-refractivity contribution in [2.24, 2.45) is 10.2 Å². The van der Waals surface area contributed by atoms with E-state index in [2.05, 4.69) is 15.5 Å².